The summed E-state index contributed by atoms with van der Waals surface area (Å²) in [4.78, 5) is 0. The van der Waals surface area contributed by atoms with E-state index in [1.54, 1.807) is 0 Å². The maximum atomic E-state index is 10.6. The van der Waals surface area contributed by atoms with Crippen LogP contribution in [0.3, 0.4) is 0 Å². The lowest BCUT2D eigenvalue weighted by Gasteiger charge is -2.28. The highest BCUT2D eigenvalue weighted by atomic mass is 79.9. The molecular formula is C11H13BrOS. The topological polar surface area (TPSA) is 20.2 Å². The smallest absolute Gasteiger partial charge is 0.103 e. The third-order valence-electron chi connectivity index (χ3n) is 2.86. The van der Waals surface area contributed by atoms with E-state index in [9.17, 15) is 5.11 Å². The van der Waals surface area contributed by atoms with Crippen LogP contribution in [0.25, 0.3) is 0 Å². The molecule has 1 aromatic rings. The fraction of sp³-hybridized carbons (Fsp3) is 0.455. The first-order valence-corrected chi connectivity index (χ1v) is 6.58. The standard InChI is InChI=1S/C11H13BrOS/c1-8-11(13,6-7-14-8)9-4-2-3-5-10(9)12/h2-5,8,13H,6-7H2,1H3. The maximum Gasteiger partial charge on any atom is 0.103 e. The molecule has 0 bridgehead atoms. The van der Waals surface area contributed by atoms with Gasteiger partial charge in [-0.15, -0.1) is 0 Å². The van der Waals surface area contributed by atoms with Crippen molar-refractivity contribution in [1.82, 2.24) is 0 Å². The van der Waals surface area contributed by atoms with Crippen LogP contribution in [0, 0.1) is 0 Å². The number of hydrogen-bond acceptors (Lipinski definition) is 2. The van der Waals surface area contributed by atoms with Crippen LogP contribution in [0.5, 0.6) is 0 Å². The Morgan fingerprint density at radius 1 is 1.50 bits per heavy atom. The predicted molar refractivity (Wildman–Crippen MR) is 64.6 cm³/mol. The van der Waals surface area contributed by atoms with E-state index in [0.29, 0.717) is 0 Å². The molecule has 1 saturated heterocycles. The molecule has 1 fully saturated rings. The lowest BCUT2D eigenvalue weighted by molar-refractivity contribution is 0.0420. The van der Waals surface area contributed by atoms with Gasteiger partial charge in [-0.1, -0.05) is 41.1 Å². The Balaban J connectivity index is 2.43. The Labute approximate surface area is 97.0 Å². The van der Waals surface area contributed by atoms with Crippen molar-refractivity contribution in [3.8, 4) is 0 Å². The highest BCUT2D eigenvalue weighted by Gasteiger charge is 2.41. The second kappa shape index (κ2) is 3.87. The molecule has 1 aliphatic rings. The Bertz CT molecular complexity index is 342. The van der Waals surface area contributed by atoms with Crippen molar-refractivity contribution in [2.75, 3.05) is 5.75 Å². The van der Waals surface area contributed by atoms with Crippen molar-refractivity contribution >= 4 is 27.7 Å². The average molecular weight is 273 g/mol. The van der Waals surface area contributed by atoms with Gasteiger partial charge in [0.15, 0.2) is 0 Å². The van der Waals surface area contributed by atoms with Gasteiger partial charge in [0.25, 0.3) is 0 Å². The summed E-state index contributed by atoms with van der Waals surface area (Å²) >= 11 is 5.34. The average Bonchev–Trinajstić information content (AvgIpc) is 2.49. The molecule has 1 aliphatic heterocycles. The molecule has 14 heavy (non-hydrogen) atoms. The van der Waals surface area contributed by atoms with Crippen LogP contribution in [-0.2, 0) is 5.60 Å². The predicted octanol–water partition coefficient (Wildman–Crippen LogP) is 3.16. The molecule has 1 nitrogen and oxygen atoms in total. The van der Waals surface area contributed by atoms with E-state index >= 15 is 0 Å². The molecule has 0 spiro atoms. The van der Waals surface area contributed by atoms with E-state index in [1.165, 1.54) is 0 Å². The van der Waals surface area contributed by atoms with Crippen LogP contribution >= 0.6 is 27.7 Å². The molecule has 1 aromatic carbocycles. The lowest BCUT2D eigenvalue weighted by Crippen LogP contribution is -2.31. The molecule has 2 atom stereocenters. The van der Waals surface area contributed by atoms with E-state index in [4.69, 9.17) is 0 Å². The second-order valence-electron chi connectivity index (χ2n) is 3.67. The van der Waals surface area contributed by atoms with Crippen molar-refractivity contribution < 1.29 is 5.11 Å². The van der Waals surface area contributed by atoms with E-state index in [-0.39, 0.29) is 5.25 Å². The monoisotopic (exact) mass is 272 g/mol. The molecule has 0 aliphatic carbocycles. The Kier molecular flexibility index (Phi) is 2.91. The van der Waals surface area contributed by atoms with Gasteiger partial charge in [-0.3, -0.25) is 0 Å². The normalized spacial score (nSPS) is 32.1. The van der Waals surface area contributed by atoms with Crippen LogP contribution in [0.15, 0.2) is 28.7 Å². The van der Waals surface area contributed by atoms with Gasteiger partial charge >= 0.3 is 0 Å². The van der Waals surface area contributed by atoms with E-state index in [1.807, 2.05) is 36.0 Å². The van der Waals surface area contributed by atoms with Crippen LogP contribution < -0.4 is 0 Å². The Hall–Kier alpha value is 0.01000. The fourth-order valence-corrected chi connectivity index (χ4v) is 3.83. The zero-order valence-electron chi connectivity index (χ0n) is 8.03. The number of thioether (sulfide) groups is 1. The summed E-state index contributed by atoms with van der Waals surface area (Å²) < 4.78 is 1.01. The summed E-state index contributed by atoms with van der Waals surface area (Å²) in [5.41, 5.74) is 0.377. The van der Waals surface area contributed by atoms with Gasteiger partial charge in [0, 0.05) is 9.72 Å². The zero-order valence-corrected chi connectivity index (χ0v) is 10.4. The SMILES string of the molecule is CC1SCCC1(O)c1ccccc1Br. The third kappa shape index (κ3) is 1.62. The van der Waals surface area contributed by atoms with Crippen LogP contribution in [0.4, 0.5) is 0 Å². The molecule has 76 valence electrons. The summed E-state index contributed by atoms with van der Waals surface area (Å²) in [5, 5.41) is 10.8. The van der Waals surface area contributed by atoms with Gasteiger partial charge in [0.2, 0.25) is 0 Å². The van der Waals surface area contributed by atoms with Gasteiger partial charge in [-0.25, -0.2) is 0 Å². The Morgan fingerprint density at radius 2 is 2.21 bits per heavy atom. The number of hydrogen-bond donors (Lipinski definition) is 1. The molecule has 3 heteroatoms. The quantitative estimate of drug-likeness (QED) is 0.848. The maximum absolute atomic E-state index is 10.6. The highest BCUT2D eigenvalue weighted by Crippen LogP contribution is 2.45. The molecular weight excluding hydrogens is 260 g/mol. The molecule has 0 aromatic heterocycles. The number of rotatable bonds is 1. The van der Waals surface area contributed by atoms with E-state index in [0.717, 1.165) is 22.2 Å². The summed E-state index contributed by atoms with van der Waals surface area (Å²) in [7, 11) is 0. The molecule has 1 N–H and O–H groups in total. The third-order valence-corrected chi connectivity index (χ3v) is 4.89. The first-order valence-electron chi connectivity index (χ1n) is 4.73. The lowest BCUT2D eigenvalue weighted by atomic mass is 9.89. The fourth-order valence-electron chi connectivity index (χ4n) is 1.90. The minimum atomic E-state index is -0.648. The highest BCUT2D eigenvalue weighted by molar-refractivity contribution is 9.10. The van der Waals surface area contributed by atoms with Gasteiger partial charge in [0.05, 0.1) is 0 Å². The van der Waals surface area contributed by atoms with Crippen molar-refractivity contribution in [3.63, 3.8) is 0 Å². The van der Waals surface area contributed by atoms with Crippen LogP contribution in [-0.4, -0.2) is 16.1 Å². The summed E-state index contributed by atoms with van der Waals surface area (Å²) in [6.45, 7) is 2.09. The second-order valence-corrected chi connectivity index (χ2v) is 5.97. The van der Waals surface area contributed by atoms with Gasteiger partial charge in [-0.05, 0) is 23.8 Å². The minimum Gasteiger partial charge on any atom is -0.384 e. The van der Waals surface area contributed by atoms with Gasteiger partial charge < -0.3 is 5.11 Å². The zero-order chi connectivity index (χ0) is 10.2. The molecule has 0 saturated carbocycles. The van der Waals surface area contributed by atoms with E-state index in [2.05, 4.69) is 22.9 Å². The summed E-state index contributed by atoms with van der Waals surface area (Å²) in [6.07, 6.45) is 0.849. The number of benzene rings is 1. The first-order chi connectivity index (χ1) is 6.64. The van der Waals surface area contributed by atoms with E-state index < -0.39 is 5.60 Å². The molecule has 0 amide bonds. The summed E-state index contributed by atoms with van der Waals surface area (Å²) in [6, 6.07) is 7.95. The molecule has 2 unspecified atom stereocenters. The molecule has 1 heterocycles. The largest absolute Gasteiger partial charge is 0.384 e. The first kappa shape index (κ1) is 10.5. The van der Waals surface area contributed by atoms with Crippen molar-refractivity contribution in [2.45, 2.75) is 24.2 Å². The van der Waals surface area contributed by atoms with Gasteiger partial charge in [0.1, 0.15) is 5.60 Å². The van der Waals surface area contributed by atoms with Crippen molar-refractivity contribution in [1.29, 1.82) is 0 Å². The minimum absolute atomic E-state index is 0.279. The number of aliphatic hydroxyl groups is 1. The summed E-state index contributed by atoms with van der Waals surface area (Å²) in [5.74, 6) is 1.04. The Morgan fingerprint density at radius 3 is 2.79 bits per heavy atom. The van der Waals surface area contributed by atoms with Crippen LogP contribution in [0.1, 0.15) is 18.9 Å². The molecule has 2 rings (SSSR count). The number of halogens is 1. The van der Waals surface area contributed by atoms with Crippen LogP contribution in [0.2, 0.25) is 0 Å². The molecule has 0 radical (unpaired) electrons. The van der Waals surface area contributed by atoms with Gasteiger partial charge in [-0.2, -0.15) is 11.8 Å². The van der Waals surface area contributed by atoms with Crippen molar-refractivity contribution in [3.05, 3.63) is 34.3 Å². The van der Waals surface area contributed by atoms with Crippen molar-refractivity contribution in [2.24, 2.45) is 0 Å².